The molecule has 0 radical (unpaired) electrons. The molecule has 1 aromatic carbocycles. The molecule has 1 aromatic heterocycles. The number of hydrogen-bond acceptors (Lipinski definition) is 4. The number of benzene rings is 1. The lowest BCUT2D eigenvalue weighted by Gasteiger charge is -2.09. The zero-order valence-corrected chi connectivity index (χ0v) is 11.9. The SMILES string of the molecule is O=C(OCC(F)(F)F)c1csnc1-c1cccc(C(F)(F)F)c1. The normalized spacial score (nSPS) is 12.3. The Morgan fingerprint density at radius 3 is 2.48 bits per heavy atom. The predicted molar refractivity (Wildman–Crippen MR) is 68.9 cm³/mol. The van der Waals surface area contributed by atoms with E-state index in [-0.39, 0.29) is 16.8 Å². The van der Waals surface area contributed by atoms with Gasteiger partial charge in [0.2, 0.25) is 0 Å². The van der Waals surface area contributed by atoms with Crippen molar-refractivity contribution >= 4 is 17.5 Å². The zero-order chi connectivity index (χ0) is 17.3. The zero-order valence-electron chi connectivity index (χ0n) is 11.0. The van der Waals surface area contributed by atoms with Crippen LogP contribution in [0.15, 0.2) is 29.6 Å². The third kappa shape index (κ3) is 4.44. The number of aromatic nitrogens is 1. The molecule has 0 fully saturated rings. The fraction of sp³-hybridized carbons (Fsp3) is 0.231. The second-order valence-corrected chi connectivity index (χ2v) is 4.98. The van der Waals surface area contributed by atoms with Crippen molar-refractivity contribution in [3.05, 3.63) is 40.8 Å². The number of halogens is 6. The minimum absolute atomic E-state index is 0.0416. The molecule has 0 aliphatic rings. The minimum Gasteiger partial charge on any atom is -0.452 e. The van der Waals surface area contributed by atoms with Gasteiger partial charge in [-0.1, -0.05) is 12.1 Å². The molecule has 10 heteroatoms. The van der Waals surface area contributed by atoms with Crippen LogP contribution in [0.3, 0.4) is 0 Å². The number of alkyl halides is 6. The van der Waals surface area contributed by atoms with Crippen LogP contribution in [-0.2, 0) is 10.9 Å². The Balaban J connectivity index is 2.30. The third-order valence-electron chi connectivity index (χ3n) is 2.62. The van der Waals surface area contributed by atoms with E-state index in [1.807, 2.05) is 0 Å². The van der Waals surface area contributed by atoms with E-state index in [1.54, 1.807) is 0 Å². The average molecular weight is 355 g/mol. The first kappa shape index (κ1) is 17.3. The van der Waals surface area contributed by atoms with Gasteiger partial charge in [-0.3, -0.25) is 0 Å². The maximum atomic E-state index is 12.7. The standard InChI is InChI=1S/C13H7F6NO2S/c14-12(15,16)6-22-11(21)9-5-23-20-10(9)7-2-1-3-8(4-7)13(17,18)19/h1-5H,6H2. The molecule has 0 amide bonds. The van der Waals surface area contributed by atoms with E-state index < -0.39 is 30.5 Å². The summed E-state index contributed by atoms with van der Waals surface area (Å²) < 4.78 is 82.1. The molecule has 0 unspecified atom stereocenters. The molecule has 2 aromatic rings. The van der Waals surface area contributed by atoms with Crippen LogP contribution in [0.2, 0.25) is 0 Å². The maximum absolute atomic E-state index is 12.7. The average Bonchev–Trinajstić information content (AvgIpc) is 2.92. The molecule has 1 heterocycles. The Morgan fingerprint density at radius 1 is 1.17 bits per heavy atom. The van der Waals surface area contributed by atoms with E-state index in [0.717, 1.165) is 35.1 Å². The summed E-state index contributed by atoms with van der Waals surface area (Å²) in [5.41, 5.74) is -1.48. The van der Waals surface area contributed by atoms with Gasteiger partial charge in [-0.2, -0.15) is 30.7 Å². The van der Waals surface area contributed by atoms with E-state index in [2.05, 4.69) is 9.11 Å². The van der Waals surface area contributed by atoms with Crippen molar-refractivity contribution in [3.63, 3.8) is 0 Å². The highest BCUT2D eigenvalue weighted by Gasteiger charge is 2.32. The first-order valence-corrected chi connectivity index (χ1v) is 6.77. The van der Waals surface area contributed by atoms with E-state index in [4.69, 9.17) is 0 Å². The maximum Gasteiger partial charge on any atom is 0.422 e. The molecular weight excluding hydrogens is 348 g/mol. The summed E-state index contributed by atoms with van der Waals surface area (Å²) in [6.45, 7) is -1.79. The van der Waals surface area contributed by atoms with E-state index in [0.29, 0.717) is 0 Å². The van der Waals surface area contributed by atoms with Crippen molar-refractivity contribution < 1.29 is 35.9 Å². The molecule has 0 saturated carbocycles. The predicted octanol–water partition coefficient (Wildman–Crippen LogP) is 4.55. The van der Waals surface area contributed by atoms with Gasteiger partial charge >= 0.3 is 18.3 Å². The van der Waals surface area contributed by atoms with Crippen molar-refractivity contribution in [1.29, 1.82) is 0 Å². The first-order valence-electron chi connectivity index (χ1n) is 5.94. The first-order chi connectivity index (χ1) is 10.6. The molecular formula is C13H7F6NO2S. The lowest BCUT2D eigenvalue weighted by Crippen LogP contribution is -2.20. The molecule has 0 spiro atoms. The molecule has 0 N–H and O–H groups in total. The van der Waals surface area contributed by atoms with Crippen LogP contribution < -0.4 is 0 Å². The van der Waals surface area contributed by atoms with Crippen molar-refractivity contribution in [3.8, 4) is 11.3 Å². The topological polar surface area (TPSA) is 39.2 Å². The van der Waals surface area contributed by atoms with Gasteiger partial charge in [-0.05, 0) is 23.7 Å². The largest absolute Gasteiger partial charge is 0.452 e. The summed E-state index contributed by atoms with van der Waals surface area (Å²) in [6.07, 6.45) is -9.29. The van der Waals surface area contributed by atoms with Crippen LogP contribution in [0.25, 0.3) is 11.3 Å². The number of rotatable bonds is 3. The molecule has 0 atom stereocenters. The summed E-state index contributed by atoms with van der Waals surface area (Å²) in [5.74, 6) is -1.30. The van der Waals surface area contributed by atoms with Crippen molar-refractivity contribution in [1.82, 2.24) is 4.37 Å². The Kier molecular flexibility index (Phi) is 4.64. The van der Waals surface area contributed by atoms with Gasteiger partial charge in [0, 0.05) is 10.9 Å². The summed E-state index contributed by atoms with van der Waals surface area (Å²) in [4.78, 5) is 11.7. The number of nitrogens with zero attached hydrogens (tertiary/aromatic N) is 1. The Labute approximate surface area is 129 Å². The minimum atomic E-state index is -4.70. The molecule has 0 saturated heterocycles. The molecule has 0 aliphatic carbocycles. The molecule has 3 nitrogen and oxygen atoms in total. The Morgan fingerprint density at radius 2 is 1.87 bits per heavy atom. The molecule has 0 aliphatic heterocycles. The molecule has 124 valence electrons. The molecule has 0 bridgehead atoms. The van der Waals surface area contributed by atoms with Gasteiger partial charge in [0.05, 0.1) is 16.8 Å². The van der Waals surface area contributed by atoms with Gasteiger partial charge in [-0.25, -0.2) is 4.79 Å². The van der Waals surface area contributed by atoms with E-state index >= 15 is 0 Å². The molecule has 2 rings (SSSR count). The number of carbonyl (C=O) groups is 1. The second kappa shape index (κ2) is 6.19. The van der Waals surface area contributed by atoms with Crippen molar-refractivity contribution in [2.45, 2.75) is 12.4 Å². The summed E-state index contributed by atoms with van der Waals surface area (Å²) in [5, 5.41) is 1.12. The van der Waals surface area contributed by atoms with Crippen LogP contribution in [0, 0.1) is 0 Å². The van der Waals surface area contributed by atoms with Gasteiger partial charge in [-0.15, -0.1) is 0 Å². The number of carbonyl (C=O) groups excluding carboxylic acids is 1. The quantitative estimate of drug-likeness (QED) is 0.599. The van der Waals surface area contributed by atoms with Crippen molar-refractivity contribution in [2.24, 2.45) is 0 Å². The van der Waals surface area contributed by atoms with E-state index in [1.165, 1.54) is 6.07 Å². The van der Waals surface area contributed by atoms with Gasteiger partial charge in [0.25, 0.3) is 0 Å². The Hall–Kier alpha value is -2.10. The van der Waals surface area contributed by atoms with Gasteiger partial charge < -0.3 is 4.74 Å². The second-order valence-electron chi connectivity index (χ2n) is 4.35. The monoisotopic (exact) mass is 355 g/mol. The lowest BCUT2D eigenvalue weighted by molar-refractivity contribution is -0.161. The number of ether oxygens (including phenoxy) is 1. The van der Waals surface area contributed by atoms with Gasteiger partial charge in [0.1, 0.15) is 0 Å². The van der Waals surface area contributed by atoms with Crippen LogP contribution in [0.1, 0.15) is 15.9 Å². The summed E-state index contributed by atoms with van der Waals surface area (Å²) in [7, 11) is 0. The highest BCUT2D eigenvalue weighted by atomic mass is 32.1. The lowest BCUT2D eigenvalue weighted by atomic mass is 10.1. The number of hydrogen-bond donors (Lipinski definition) is 0. The van der Waals surface area contributed by atoms with Crippen molar-refractivity contribution in [2.75, 3.05) is 6.61 Å². The smallest absolute Gasteiger partial charge is 0.422 e. The highest BCUT2D eigenvalue weighted by molar-refractivity contribution is 7.04. The summed E-state index contributed by atoms with van der Waals surface area (Å²) in [6, 6.07) is 3.97. The fourth-order valence-electron chi connectivity index (χ4n) is 1.66. The van der Waals surface area contributed by atoms with E-state index in [9.17, 15) is 31.1 Å². The summed E-state index contributed by atoms with van der Waals surface area (Å²) >= 11 is 0.723. The Bertz CT molecular complexity index is 707. The van der Waals surface area contributed by atoms with Crippen LogP contribution in [-0.4, -0.2) is 23.1 Å². The highest BCUT2D eigenvalue weighted by Crippen LogP contribution is 2.33. The van der Waals surface area contributed by atoms with Crippen LogP contribution in [0.5, 0.6) is 0 Å². The fourth-order valence-corrected chi connectivity index (χ4v) is 2.33. The van der Waals surface area contributed by atoms with Crippen LogP contribution >= 0.6 is 11.5 Å². The van der Waals surface area contributed by atoms with Crippen LogP contribution in [0.4, 0.5) is 26.3 Å². The molecule has 23 heavy (non-hydrogen) atoms. The number of esters is 1. The third-order valence-corrected chi connectivity index (χ3v) is 3.25. The van der Waals surface area contributed by atoms with Gasteiger partial charge in [0.15, 0.2) is 6.61 Å².